The summed E-state index contributed by atoms with van der Waals surface area (Å²) in [5.74, 6) is 2.21. The van der Waals surface area contributed by atoms with E-state index in [2.05, 4.69) is 34.5 Å². The van der Waals surface area contributed by atoms with Gasteiger partial charge < -0.3 is 10.1 Å². The summed E-state index contributed by atoms with van der Waals surface area (Å²) in [6.07, 6.45) is 3.96. The molecule has 2 fully saturated rings. The Labute approximate surface area is 126 Å². The third-order valence-corrected chi connectivity index (χ3v) is 4.40. The highest BCUT2D eigenvalue weighted by Crippen LogP contribution is 2.32. The highest BCUT2D eigenvalue weighted by molar-refractivity contribution is 5.79. The van der Waals surface area contributed by atoms with E-state index in [9.17, 15) is 4.79 Å². The van der Waals surface area contributed by atoms with Crippen LogP contribution in [0.4, 0.5) is 0 Å². The minimum Gasteiger partial charge on any atom is -0.494 e. The number of hydrogen-bond donors (Lipinski definition) is 1. The van der Waals surface area contributed by atoms with E-state index in [1.54, 1.807) is 7.05 Å². The van der Waals surface area contributed by atoms with Crippen molar-refractivity contribution in [3.63, 3.8) is 0 Å². The highest BCUT2D eigenvalue weighted by atomic mass is 16.5. The number of benzene rings is 1. The number of nitrogens with one attached hydrogen (secondary N) is 1. The van der Waals surface area contributed by atoms with E-state index in [0.717, 1.165) is 37.9 Å². The maximum Gasteiger partial charge on any atom is 0.225 e. The van der Waals surface area contributed by atoms with Gasteiger partial charge in [-0.2, -0.15) is 0 Å². The predicted octanol–water partition coefficient (Wildman–Crippen LogP) is 2.04. The molecule has 0 unspecified atom stereocenters. The van der Waals surface area contributed by atoms with Gasteiger partial charge in [0.2, 0.25) is 5.91 Å². The Kier molecular flexibility index (Phi) is 4.44. The minimum absolute atomic E-state index is 0.158. The number of hydrogen-bond acceptors (Lipinski definition) is 3. The molecule has 1 aromatic rings. The highest BCUT2D eigenvalue weighted by Gasteiger charge is 2.31. The number of ether oxygens (including phenoxy) is 1. The topological polar surface area (TPSA) is 41.6 Å². The summed E-state index contributed by atoms with van der Waals surface area (Å²) in [6.45, 7) is 3.47. The van der Waals surface area contributed by atoms with Gasteiger partial charge >= 0.3 is 0 Å². The van der Waals surface area contributed by atoms with Crippen molar-refractivity contribution in [2.45, 2.75) is 25.8 Å². The summed E-state index contributed by atoms with van der Waals surface area (Å²) in [6, 6.07) is 8.36. The second-order valence-electron chi connectivity index (χ2n) is 6.23. The summed E-state index contributed by atoms with van der Waals surface area (Å²) in [4.78, 5) is 13.7. The minimum atomic E-state index is 0.158. The van der Waals surface area contributed by atoms with Gasteiger partial charge in [0.1, 0.15) is 5.75 Å². The molecule has 1 saturated carbocycles. The molecule has 1 aromatic carbocycles. The van der Waals surface area contributed by atoms with Crippen molar-refractivity contribution in [3.8, 4) is 5.75 Å². The van der Waals surface area contributed by atoms with E-state index in [0.29, 0.717) is 0 Å². The van der Waals surface area contributed by atoms with Crippen molar-refractivity contribution < 1.29 is 9.53 Å². The third-order valence-electron chi connectivity index (χ3n) is 4.40. The Morgan fingerprint density at radius 2 is 2.00 bits per heavy atom. The largest absolute Gasteiger partial charge is 0.494 e. The summed E-state index contributed by atoms with van der Waals surface area (Å²) in [5.41, 5.74) is 1.28. The quantitative estimate of drug-likeness (QED) is 0.835. The zero-order valence-corrected chi connectivity index (χ0v) is 12.7. The summed E-state index contributed by atoms with van der Waals surface area (Å²) >= 11 is 0. The van der Waals surface area contributed by atoms with Crippen LogP contribution >= 0.6 is 0 Å². The second-order valence-corrected chi connectivity index (χ2v) is 6.23. The lowest BCUT2D eigenvalue weighted by atomic mass is 9.98. The van der Waals surface area contributed by atoms with Crippen LogP contribution in [-0.4, -0.2) is 37.6 Å². The molecule has 1 aliphatic carbocycles. The molecule has 0 radical (unpaired) electrons. The first-order valence-electron chi connectivity index (χ1n) is 7.90. The molecule has 0 bridgehead atoms. The Bertz CT molecular complexity index is 476. The number of carbonyl (C=O) groups excluding carboxylic acids is 1. The van der Waals surface area contributed by atoms with Crippen molar-refractivity contribution in [2.24, 2.45) is 11.8 Å². The Morgan fingerprint density at radius 1 is 1.29 bits per heavy atom. The fraction of sp³-hybridized carbons (Fsp3) is 0.588. The van der Waals surface area contributed by atoms with Gasteiger partial charge in [-0.05, 0) is 30.0 Å². The van der Waals surface area contributed by atoms with Crippen LogP contribution in [0.25, 0.3) is 0 Å². The summed E-state index contributed by atoms with van der Waals surface area (Å²) < 4.78 is 5.75. The van der Waals surface area contributed by atoms with Crippen LogP contribution < -0.4 is 10.1 Å². The van der Waals surface area contributed by atoms with Gasteiger partial charge in [0, 0.05) is 26.7 Å². The fourth-order valence-corrected chi connectivity index (χ4v) is 2.77. The number of amides is 1. The van der Waals surface area contributed by atoms with Gasteiger partial charge in [-0.15, -0.1) is 0 Å². The van der Waals surface area contributed by atoms with Crippen molar-refractivity contribution >= 4 is 5.91 Å². The number of likely N-dealkylation sites (tertiary alicyclic amines) is 1. The van der Waals surface area contributed by atoms with E-state index in [1.807, 2.05) is 0 Å². The zero-order valence-electron chi connectivity index (χ0n) is 12.7. The second kappa shape index (κ2) is 6.48. The Hall–Kier alpha value is -1.55. The molecular weight excluding hydrogens is 264 g/mol. The number of nitrogens with zero attached hydrogens (tertiary/aromatic N) is 1. The number of carbonyl (C=O) groups is 1. The van der Waals surface area contributed by atoms with Gasteiger partial charge in [0.05, 0.1) is 12.5 Å². The molecule has 2 aliphatic rings. The average Bonchev–Trinajstić information content (AvgIpc) is 3.27. The first-order valence-corrected chi connectivity index (χ1v) is 7.90. The molecular formula is C17H24N2O2. The van der Waals surface area contributed by atoms with Crippen molar-refractivity contribution in [3.05, 3.63) is 29.8 Å². The Balaban J connectivity index is 1.39. The molecule has 1 saturated heterocycles. The molecule has 1 heterocycles. The number of rotatable bonds is 7. The van der Waals surface area contributed by atoms with Crippen LogP contribution in [0.1, 0.15) is 24.8 Å². The van der Waals surface area contributed by atoms with Crippen LogP contribution in [-0.2, 0) is 11.3 Å². The molecule has 0 spiro atoms. The molecule has 3 rings (SSSR count). The molecule has 4 heteroatoms. The van der Waals surface area contributed by atoms with Gasteiger partial charge in [-0.25, -0.2) is 0 Å². The van der Waals surface area contributed by atoms with E-state index in [4.69, 9.17) is 4.74 Å². The zero-order chi connectivity index (χ0) is 14.7. The summed E-state index contributed by atoms with van der Waals surface area (Å²) in [7, 11) is 1.70. The first kappa shape index (κ1) is 14.4. The van der Waals surface area contributed by atoms with Gasteiger partial charge in [-0.1, -0.05) is 25.0 Å². The molecule has 1 amide bonds. The van der Waals surface area contributed by atoms with Gasteiger partial charge in [0.25, 0.3) is 0 Å². The van der Waals surface area contributed by atoms with Crippen LogP contribution in [0.2, 0.25) is 0 Å². The van der Waals surface area contributed by atoms with Crippen molar-refractivity contribution in [1.82, 2.24) is 10.2 Å². The third kappa shape index (κ3) is 3.97. The van der Waals surface area contributed by atoms with Crippen LogP contribution in [0.5, 0.6) is 5.75 Å². The average molecular weight is 288 g/mol. The normalized spacial score (nSPS) is 19.1. The van der Waals surface area contributed by atoms with E-state index >= 15 is 0 Å². The molecule has 0 atom stereocenters. The van der Waals surface area contributed by atoms with Gasteiger partial charge in [0.15, 0.2) is 0 Å². The lowest BCUT2D eigenvalue weighted by Crippen LogP contribution is -2.52. The van der Waals surface area contributed by atoms with Crippen molar-refractivity contribution in [2.75, 3.05) is 26.7 Å². The fourth-order valence-electron chi connectivity index (χ4n) is 2.77. The Morgan fingerprint density at radius 3 is 2.62 bits per heavy atom. The lowest BCUT2D eigenvalue weighted by Gasteiger charge is -2.38. The maximum atomic E-state index is 11.4. The van der Waals surface area contributed by atoms with Crippen molar-refractivity contribution in [1.29, 1.82) is 0 Å². The van der Waals surface area contributed by atoms with Gasteiger partial charge in [-0.3, -0.25) is 9.69 Å². The van der Waals surface area contributed by atoms with Crippen LogP contribution in [0, 0.1) is 11.8 Å². The monoisotopic (exact) mass is 288 g/mol. The standard InChI is InChI=1S/C17H24N2O2/c1-18-17(20)15-11-19(12-15)10-14-4-6-16(7-5-14)21-9-8-13-2-3-13/h4-7,13,15H,2-3,8-12H2,1H3,(H,18,20). The van der Waals surface area contributed by atoms with E-state index in [-0.39, 0.29) is 11.8 Å². The SMILES string of the molecule is CNC(=O)C1CN(Cc2ccc(OCCC3CC3)cc2)C1. The van der Waals surface area contributed by atoms with E-state index < -0.39 is 0 Å². The molecule has 4 nitrogen and oxygen atoms in total. The first-order chi connectivity index (χ1) is 10.2. The maximum absolute atomic E-state index is 11.4. The predicted molar refractivity (Wildman–Crippen MR) is 82.1 cm³/mol. The lowest BCUT2D eigenvalue weighted by molar-refractivity contribution is -0.129. The molecule has 21 heavy (non-hydrogen) atoms. The molecule has 114 valence electrons. The van der Waals surface area contributed by atoms with Crippen LogP contribution in [0.3, 0.4) is 0 Å². The molecule has 1 aliphatic heterocycles. The molecule has 0 aromatic heterocycles. The smallest absolute Gasteiger partial charge is 0.225 e. The van der Waals surface area contributed by atoms with Crippen LogP contribution in [0.15, 0.2) is 24.3 Å². The molecule has 1 N–H and O–H groups in total. The van der Waals surface area contributed by atoms with E-state index in [1.165, 1.54) is 24.8 Å². The summed E-state index contributed by atoms with van der Waals surface area (Å²) in [5, 5.41) is 2.71.